The number of anilines is 1. The summed E-state index contributed by atoms with van der Waals surface area (Å²) in [5.74, 6) is -2.75. The second kappa shape index (κ2) is 6.25. The van der Waals surface area contributed by atoms with E-state index < -0.39 is 18.1 Å². The van der Waals surface area contributed by atoms with Crippen LogP contribution >= 0.6 is 0 Å². The van der Waals surface area contributed by atoms with Crippen LogP contribution in [-0.4, -0.2) is 23.3 Å². The number of nitrogens with one attached hydrogen (secondary N) is 1. The molecule has 1 aliphatic carbocycles. The van der Waals surface area contributed by atoms with Gasteiger partial charge in [-0.1, -0.05) is 12.8 Å². The van der Waals surface area contributed by atoms with Gasteiger partial charge in [0, 0.05) is 5.92 Å². The first kappa shape index (κ1) is 16.1. The van der Waals surface area contributed by atoms with Crippen LogP contribution in [0.2, 0.25) is 0 Å². The van der Waals surface area contributed by atoms with Crippen molar-refractivity contribution >= 4 is 17.6 Å². The lowest BCUT2D eigenvalue weighted by Crippen LogP contribution is -2.23. The van der Waals surface area contributed by atoms with E-state index in [1.807, 2.05) is 0 Å². The van der Waals surface area contributed by atoms with Gasteiger partial charge in [0.25, 0.3) is 0 Å². The first-order valence-corrected chi connectivity index (χ1v) is 6.70. The van der Waals surface area contributed by atoms with Crippen LogP contribution in [0.5, 0.6) is 5.75 Å². The van der Waals surface area contributed by atoms with Gasteiger partial charge >= 0.3 is 12.3 Å². The zero-order valence-electron chi connectivity index (χ0n) is 11.4. The molecule has 0 bridgehead atoms. The standard InChI is InChI=1S/C14H14F3NO4/c15-14(16,17)22-11-7-9(13(20)21)5-6-10(11)18-12(19)8-3-1-2-4-8/h5-8H,1-4H2,(H,18,19)(H,20,21). The van der Waals surface area contributed by atoms with Crippen LogP contribution in [0.3, 0.4) is 0 Å². The van der Waals surface area contributed by atoms with Crippen molar-refractivity contribution in [3.05, 3.63) is 23.8 Å². The van der Waals surface area contributed by atoms with Gasteiger partial charge in [-0.3, -0.25) is 4.79 Å². The summed E-state index contributed by atoms with van der Waals surface area (Å²) in [6.45, 7) is 0. The molecule has 0 aliphatic heterocycles. The van der Waals surface area contributed by atoms with Crippen LogP contribution in [0, 0.1) is 5.92 Å². The lowest BCUT2D eigenvalue weighted by atomic mass is 10.1. The highest BCUT2D eigenvalue weighted by atomic mass is 19.4. The highest BCUT2D eigenvalue weighted by Gasteiger charge is 2.33. The minimum absolute atomic E-state index is 0.195. The molecule has 22 heavy (non-hydrogen) atoms. The predicted octanol–water partition coefficient (Wildman–Crippen LogP) is 3.41. The van der Waals surface area contributed by atoms with Gasteiger partial charge in [0.1, 0.15) is 0 Å². The molecule has 0 unspecified atom stereocenters. The van der Waals surface area contributed by atoms with E-state index in [1.165, 1.54) is 0 Å². The Bertz CT molecular complexity index is 580. The number of alkyl halides is 3. The molecule has 2 rings (SSSR count). The van der Waals surface area contributed by atoms with Gasteiger partial charge in [-0.25, -0.2) is 4.79 Å². The van der Waals surface area contributed by atoms with Crippen molar-refractivity contribution in [3.63, 3.8) is 0 Å². The number of carboxylic acids is 1. The molecule has 0 saturated heterocycles. The Kier molecular flexibility index (Phi) is 4.58. The number of rotatable bonds is 4. The van der Waals surface area contributed by atoms with Crippen molar-refractivity contribution in [2.24, 2.45) is 5.92 Å². The molecule has 0 heterocycles. The van der Waals surface area contributed by atoms with Gasteiger partial charge in [0.15, 0.2) is 5.75 Å². The van der Waals surface area contributed by atoms with Gasteiger partial charge in [-0.05, 0) is 31.0 Å². The Balaban J connectivity index is 2.24. The van der Waals surface area contributed by atoms with E-state index in [-0.39, 0.29) is 23.1 Å². The summed E-state index contributed by atoms with van der Waals surface area (Å²) in [7, 11) is 0. The fraction of sp³-hybridized carbons (Fsp3) is 0.429. The molecule has 8 heteroatoms. The zero-order chi connectivity index (χ0) is 16.3. The number of carboxylic acid groups (broad SMARTS) is 1. The lowest BCUT2D eigenvalue weighted by molar-refractivity contribution is -0.274. The molecule has 1 aromatic rings. The van der Waals surface area contributed by atoms with Crippen molar-refractivity contribution < 1.29 is 32.6 Å². The summed E-state index contributed by atoms with van der Waals surface area (Å²) < 4.78 is 41.0. The van der Waals surface area contributed by atoms with Crippen molar-refractivity contribution in [3.8, 4) is 5.75 Å². The highest BCUT2D eigenvalue weighted by molar-refractivity contribution is 5.95. The maximum absolute atomic E-state index is 12.4. The van der Waals surface area contributed by atoms with E-state index >= 15 is 0 Å². The van der Waals surface area contributed by atoms with E-state index in [0.717, 1.165) is 31.0 Å². The van der Waals surface area contributed by atoms with E-state index in [2.05, 4.69) is 10.1 Å². The summed E-state index contributed by atoms with van der Waals surface area (Å²) in [4.78, 5) is 22.8. The van der Waals surface area contributed by atoms with Crippen molar-refractivity contribution in [1.82, 2.24) is 0 Å². The van der Waals surface area contributed by atoms with Gasteiger partial charge in [-0.15, -0.1) is 13.2 Å². The Hall–Kier alpha value is -2.25. The normalized spacial score (nSPS) is 15.6. The van der Waals surface area contributed by atoms with Crippen LogP contribution in [0.1, 0.15) is 36.0 Å². The molecule has 1 saturated carbocycles. The molecule has 120 valence electrons. The minimum atomic E-state index is -4.98. The van der Waals surface area contributed by atoms with E-state index in [9.17, 15) is 22.8 Å². The maximum atomic E-state index is 12.4. The highest BCUT2D eigenvalue weighted by Crippen LogP contribution is 2.33. The molecular weight excluding hydrogens is 303 g/mol. The Morgan fingerprint density at radius 2 is 1.86 bits per heavy atom. The van der Waals surface area contributed by atoms with Crippen LogP contribution in [-0.2, 0) is 4.79 Å². The Labute approximate surface area is 124 Å². The quantitative estimate of drug-likeness (QED) is 0.892. The third kappa shape index (κ3) is 4.12. The summed E-state index contributed by atoms with van der Waals surface area (Å²) in [5, 5.41) is 11.2. The van der Waals surface area contributed by atoms with E-state index in [0.29, 0.717) is 12.8 Å². The van der Waals surface area contributed by atoms with E-state index in [1.54, 1.807) is 0 Å². The number of ether oxygens (including phenoxy) is 1. The van der Waals surface area contributed by atoms with Crippen LogP contribution in [0.4, 0.5) is 18.9 Å². The Morgan fingerprint density at radius 3 is 2.41 bits per heavy atom. The first-order chi connectivity index (χ1) is 10.3. The van der Waals surface area contributed by atoms with Gasteiger partial charge in [-0.2, -0.15) is 0 Å². The number of hydrogen-bond donors (Lipinski definition) is 2. The Morgan fingerprint density at radius 1 is 1.23 bits per heavy atom. The fourth-order valence-electron chi connectivity index (χ4n) is 2.39. The van der Waals surface area contributed by atoms with Crippen LogP contribution in [0.25, 0.3) is 0 Å². The largest absolute Gasteiger partial charge is 0.573 e. The number of carbonyl (C=O) groups excluding carboxylic acids is 1. The minimum Gasteiger partial charge on any atom is -0.478 e. The van der Waals surface area contributed by atoms with Gasteiger partial charge in [0.05, 0.1) is 11.3 Å². The lowest BCUT2D eigenvalue weighted by Gasteiger charge is -2.16. The number of hydrogen-bond acceptors (Lipinski definition) is 3. The van der Waals surface area contributed by atoms with Crippen molar-refractivity contribution in [2.45, 2.75) is 32.0 Å². The number of halogens is 3. The molecule has 0 aromatic heterocycles. The van der Waals surface area contributed by atoms with Gasteiger partial charge < -0.3 is 15.2 Å². The topological polar surface area (TPSA) is 75.6 Å². The summed E-state index contributed by atoms with van der Waals surface area (Å²) in [5.41, 5.74) is -0.558. The molecule has 0 radical (unpaired) electrons. The molecule has 1 aromatic carbocycles. The number of amides is 1. The molecule has 1 aliphatic rings. The predicted molar refractivity (Wildman–Crippen MR) is 70.7 cm³/mol. The second-order valence-electron chi connectivity index (χ2n) is 5.03. The fourth-order valence-corrected chi connectivity index (χ4v) is 2.39. The molecule has 5 nitrogen and oxygen atoms in total. The average molecular weight is 317 g/mol. The first-order valence-electron chi connectivity index (χ1n) is 6.70. The van der Waals surface area contributed by atoms with Crippen molar-refractivity contribution in [2.75, 3.05) is 5.32 Å². The van der Waals surface area contributed by atoms with Crippen LogP contribution < -0.4 is 10.1 Å². The number of benzene rings is 1. The molecule has 0 atom stereocenters. The maximum Gasteiger partial charge on any atom is 0.573 e. The molecule has 1 amide bonds. The zero-order valence-corrected chi connectivity index (χ0v) is 11.4. The third-order valence-electron chi connectivity index (χ3n) is 3.44. The molecule has 1 fully saturated rings. The molecule has 2 N–H and O–H groups in total. The smallest absolute Gasteiger partial charge is 0.478 e. The summed E-state index contributed by atoms with van der Waals surface area (Å²) in [6, 6.07) is 2.94. The number of aromatic carboxylic acids is 1. The second-order valence-corrected chi connectivity index (χ2v) is 5.03. The summed E-state index contributed by atoms with van der Waals surface area (Å²) >= 11 is 0. The van der Waals surface area contributed by atoms with Crippen molar-refractivity contribution in [1.29, 1.82) is 0 Å². The molecular formula is C14H14F3NO4. The van der Waals surface area contributed by atoms with Gasteiger partial charge in [0.2, 0.25) is 5.91 Å². The summed E-state index contributed by atoms with van der Waals surface area (Å²) in [6.07, 6.45) is -1.79. The third-order valence-corrected chi connectivity index (χ3v) is 3.44. The molecule has 0 spiro atoms. The number of carbonyl (C=O) groups is 2. The average Bonchev–Trinajstić information content (AvgIpc) is 2.92. The van der Waals surface area contributed by atoms with Crippen LogP contribution in [0.15, 0.2) is 18.2 Å². The SMILES string of the molecule is O=C(O)c1ccc(NC(=O)C2CCCC2)c(OC(F)(F)F)c1. The monoisotopic (exact) mass is 317 g/mol. The van der Waals surface area contributed by atoms with E-state index in [4.69, 9.17) is 5.11 Å².